The zero-order valence-electron chi connectivity index (χ0n) is 11.5. The number of likely N-dealkylation sites (N-methyl/N-ethyl adjacent to an activating group) is 1. The van der Waals surface area contributed by atoms with Gasteiger partial charge in [0.25, 0.3) is 0 Å². The summed E-state index contributed by atoms with van der Waals surface area (Å²) in [5.74, 6) is 0.202. The molecule has 102 valence electrons. The van der Waals surface area contributed by atoms with Crippen molar-refractivity contribution in [3.05, 3.63) is 12.2 Å². The van der Waals surface area contributed by atoms with Crippen molar-refractivity contribution in [2.24, 2.45) is 0 Å². The summed E-state index contributed by atoms with van der Waals surface area (Å²) >= 11 is 0. The second-order valence-electron chi connectivity index (χ2n) is 4.66. The molecule has 0 heterocycles. The van der Waals surface area contributed by atoms with Crippen molar-refractivity contribution in [1.82, 2.24) is 9.62 Å². The van der Waals surface area contributed by atoms with E-state index < -0.39 is 10.0 Å². The Morgan fingerprint density at radius 1 is 1.41 bits per heavy atom. The minimum atomic E-state index is -3.13. The molecule has 1 N–H and O–H groups in total. The lowest BCUT2D eigenvalue weighted by Crippen LogP contribution is -2.35. The van der Waals surface area contributed by atoms with Gasteiger partial charge in [0.2, 0.25) is 10.0 Å². The van der Waals surface area contributed by atoms with E-state index in [0.29, 0.717) is 25.6 Å². The standard InChI is InChI=1S/C12H26N2O2S/c1-6-14(10-11(2)3)17(15,16)9-7-8-13-12(4)5/h12-13H,2,6-10H2,1,3-5H3. The highest BCUT2D eigenvalue weighted by atomic mass is 32.2. The minimum Gasteiger partial charge on any atom is -0.314 e. The van der Waals surface area contributed by atoms with Crippen LogP contribution in [0.3, 0.4) is 0 Å². The molecule has 0 aromatic heterocycles. The second kappa shape index (κ2) is 7.84. The number of rotatable bonds is 9. The van der Waals surface area contributed by atoms with Crippen molar-refractivity contribution in [2.45, 2.75) is 40.2 Å². The van der Waals surface area contributed by atoms with E-state index in [1.165, 1.54) is 4.31 Å². The van der Waals surface area contributed by atoms with Crippen molar-refractivity contribution >= 4 is 10.0 Å². The fourth-order valence-corrected chi connectivity index (χ4v) is 3.06. The lowest BCUT2D eigenvalue weighted by Gasteiger charge is -2.20. The molecule has 0 aliphatic carbocycles. The third kappa shape index (κ3) is 7.52. The van der Waals surface area contributed by atoms with Crippen LogP contribution in [0.15, 0.2) is 12.2 Å². The first kappa shape index (κ1) is 16.6. The Kier molecular flexibility index (Phi) is 7.66. The Balaban J connectivity index is 4.20. The fraction of sp³-hybridized carbons (Fsp3) is 0.833. The summed E-state index contributed by atoms with van der Waals surface area (Å²) in [5, 5.41) is 3.22. The molecule has 17 heavy (non-hydrogen) atoms. The Bertz CT molecular complexity index is 323. The van der Waals surface area contributed by atoms with Crippen molar-refractivity contribution < 1.29 is 8.42 Å². The Hall–Kier alpha value is -0.390. The second-order valence-corrected chi connectivity index (χ2v) is 6.75. The van der Waals surface area contributed by atoms with E-state index in [1.54, 1.807) is 0 Å². The smallest absolute Gasteiger partial charge is 0.214 e. The van der Waals surface area contributed by atoms with Crippen LogP contribution in [-0.2, 0) is 10.0 Å². The number of nitrogens with zero attached hydrogens (tertiary/aromatic N) is 1. The molecule has 5 heteroatoms. The van der Waals surface area contributed by atoms with Crippen LogP contribution in [0.1, 0.15) is 34.1 Å². The van der Waals surface area contributed by atoms with Crippen LogP contribution < -0.4 is 5.32 Å². The number of sulfonamides is 1. The topological polar surface area (TPSA) is 49.4 Å². The van der Waals surface area contributed by atoms with Gasteiger partial charge in [0, 0.05) is 19.1 Å². The summed E-state index contributed by atoms with van der Waals surface area (Å²) in [6.45, 7) is 13.2. The van der Waals surface area contributed by atoms with E-state index >= 15 is 0 Å². The predicted molar refractivity (Wildman–Crippen MR) is 73.6 cm³/mol. The molecule has 0 bridgehead atoms. The Morgan fingerprint density at radius 2 is 2.00 bits per heavy atom. The zero-order chi connectivity index (χ0) is 13.5. The maximum absolute atomic E-state index is 12.0. The minimum absolute atomic E-state index is 0.202. The monoisotopic (exact) mass is 262 g/mol. The summed E-state index contributed by atoms with van der Waals surface area (Å²) in [7, 11) is -3.13. The average molecular weight is 262 g/mol. The first-order valence-corrected chi connectivity index (χ1v) is 7.76. The molecule has 0 atom stereocenters. The normalized spacial score (nSPS) is 12.4. The van der Waals surface area contributed by atoms with Gasteiger partial charge in [-0.05, 0) is 19.9 Å². The maximum atomic E-state index is 12.0. The van der Waals surface area contributed by atoms with E-state index in [4.69, 9.17) is 0 Å². The van der Waals surface area contributed by atoms with E-state index in [0.717, 1.165) is 12.1 Å². The van der Waals surface area contributed by atoms with Gasteiger partial charge in [-0.1, -0.05) is 32.9 Å². The zero-order valence-corrected chi connectivity index (χ0v) is 12.3. The van der Waals surface area contributed by atoms with E-state index in [9.17, 15) is 8.42 Å². The summed E-state index contributed by atoms with van der Waals surface area (Å²) in [5.41, 5.74) is 0.871. The molecular formula is C12H26N2O2S. The van der Waals surface area contributed by atoms with Crippen LogP contribution in [0.4, 0.5) is 0 Å². The molecule has 0 spiro atoms. The van der Waals surface area contributed by atoms with Crippen LogP contribution in [-0.4, -0.2) is 44.2 Å². The van der Waals surface area contributed by atoms with Crippen molar-refractivity contribution in [3.8, 4) is 0 Å². The predicted octanol–water partition coefficient (Wildman–Crippen LogP) is 1.60. The van der Waals surface area contributed by atoms with Gasteiger partial charge in [0.05, 0.1) is 5.75 Å². The van der Waals surface area contributed by atoms with E-state index in [1.807, 2.05) is 27.7 Å². The van der Waals surface area contributed by atoms with Crippen LogP contribution in [0.2, 0.25) is 0 Å². The average Bonchev–Trinajstić information content (AvgIpc) is 2.20. The number of hydrogen-bond donors (Lipinski definition) is 1. The van der Waals surface area contributed by atoms with Crippen molar-refractivity contribution in [3.63, 3.8) is 0 Å². The summed E-state index contributed by atoms with van der Waals surface area (Å²) in [4.78, 5) is 0. The highest BCUT2D eigenvalue weighted by molar-refractivity contribution is 7.89. The highest BCUT2D eigenvalue weighted by Gasteiger charge is 2.19. The van der Waals surface area contributed by atoms with E-state index in [-0.39, 0.29) is 5.75 Å². The van der Waals surface area contributed by atoms with Gasteiger partial charge in [-0.2, -0.15) is 4.31 Å². The third-order valence-electron chi connectivity index (χ3n) is 2.32. The molecule has 0 amide bonds. The molecule has 0 aromatic carbocycles. The largest absolute Gasteiger partial charge is 0.314 e. The van der Waals surface area contributed by atoms with Gasteiger partial charge >= 0.3 is 0 Å². The maximum Gasteiger partial charge on any atom is 0.214 e. The van der Waals surface area contributed by atoms with Crippen LogP contribution in [0, 0.1) is 0 Å². The summed E-state index contributed by atoms with van der Waals surface area (Å²) < 4.78 is 25.5. The van der Waals surface area contributed by atoms with Gasteiger partial charge in [-0.3, -0.25) is 0 Å². The number of hydrogen-bond acceptors (Lipinski definition) is 3. The summed E-state index contributed by atoms with van der Waals surface area (Å²) in [6.07, 6.45) is 0.646. The van der Waals surface area contributed by atoms with Crippen molar-refractivity contribution in [2.75, 3.05) is 25.4 Å². The highest BCUT2D eigenvalue weighted by Crippen LogP contribution is 2.06. The number of nitrogens with one attached hydrogen (secondary N) is 1. The molecule has 0 aliphatic heterocycles. The third-order valence-corrected chi connectivity index (χ3v) is 4.30. The Morgan fingerprint density at radius 3 is 2.41 bits per heavy atom. The molecule has 0 aliphatic rings. The first-order chi connectivity index (χ1) is 7.79. The van der Waals surface area contributed by atoms with Crippen LogP contribution in [0.5, 0.6) is 0 Å². The molecule has 0 aromatic rings. The van der Waals surface area contributed by atoms with Gasteiger partial charge in [-0.25, -0.2) is 8.42 Å². The van der Waals surface area contributed by atoms with Crippen molar-refractivity contribution in [1.29, 1.82) is 0 Å². The van der Waals surface area contributed by atoms with Gasteiger partial charge in [0.1, 0.15) is 0 Å². The quantitative estimate of drug-likeness (QED) is 0.507. The van der Waals surface area contributed by atoms with Crippen LogP contribution in [0.25, 0.3) is 0 Å². The fourth-order valence-electron chi connectivity index (χ4n) is 1.48. The SMILES string of the molecule is C=C(C)CN(CC)S(=O)(=O)CCCNC(C)C. The first-order valence-electron chi connectivity index (χ1n) is 6.15. The molecular weight excluding hydrogens is 236 g/mol. The van der Waals surface area contributed by atoms with Gasteiger partial charge in [-0.15, -0.1) is 0 Å². The Labute approximate surface area is 106 Å². The molecule has 0 radical (unpaired) electrons. The lowest BCUT2D eigenvalue weighted by atomic mass is 10.3. The molecule has 0 rings (SSSR count). The van der Waals surface area contributed by atoms with E-state index in [2.05, 4.69) is 11.9 Å². The van der Waals surface area contributed by atoms with Gasteiger partial charge in [0.15, 0.2) is 0 Å². The van der Waals surface area contributed by atoms with Gasteiger partial charge < -0.3 is 5.32 Å². The summed E-state index contributed by atoms with van der Waals surface area (Å²) in [6, 6.07) is 0.399. The molecule has 0 saturated heterocycles. The molecule has 0 fully saturated rings. The molecule has 0 unspecified atom stereocenters. The lowest BCUT2D eigenvalue weighted by molar-refractivity contribution is 0.450. The molecule has 0 saturated carbocycles. The van der Waals surface area contributed by atoms with Crippen LogP contribution >= 0.6 is 0 Å². The molecule has 4 nitrogen and oxygen atoms in total.